The Morgan fingerprint density at radius 1 is 1.40 bits per heavy atom. The lowest BCUT2D eigenvalue weighted by Crippen LogP contribution is -2.37. The molecule has 1 aliphatic carbocycles. The van der Waals surface area contributed by atoms with Gasteiger partial charge in [-0.2, -0.15) is 16.3 Å². The Labute approximate surface area is 123 Å². The van der Waals surface area contributed by atoms with Crippen molar-refractivity contribution < 1.29 is 4.52 Å². The van der Waals surface area contributed by atoms with Gasteiger partial charge in [0.05, 0.1) is 5.92 Å². The fraction of sp³-hybridized carbons (Fsp3) is 0.600. The van der Waals surface area contributed by atoms with Crippen LogP contribution in [0.2, 0.25) is 0 Å². The highest BCUT2D eigenvalue weighted by atomic mass is 32.1. The molecular weight excluding hydrogens is 270 g/mol. The third-order valence-electron chi connectivity index (χ3n) is 3.96. The van der Waals surface area contributed by atoms with E-state index in [0.29, 0.717) is 12.0 Å². The minimum Gasteiger partial charge on any atom is -0.339 e. The Balaban J connectivity index is 1.76. The van der Waals surface area contributed by atoms with Crippen LogP contribution in [0.5, 0.6) is 0 Å². The summed E-state index contributed by atoms with van der Waals surface area (Å²) in [5.74, 6) is 1.90. The number of hydrogen-bond acceptors (Lipinski definition) is 5. The summed E-state index contributed by atoms with van der Waals surface area (Å²) >= 11 is 1.66. The summed E-state index contributed by atoms with van der Waals surface area (Å²) < 4.78 is 5.54. The zero-order valence-electron chi connectivity index (χ0n) is 11.8. The van der Waals surface area contributed by atoms with Gasteiger partial charge in [0.15, 0.2) is 0 Å². The lowest BCUT2D eigenvalue weighted by molar-refractivity contribution is 0.263. The maximum atomic E-state index is 5.54. The molecule has 4 nitrogen and oxygen atoms in total. The zero-order chi connectivity index (χ0) is 13.8. The summed E-state index contributed by atoms with van der Waals surface area (Å²) in [6, 6.07) is 2.52. The Kier molecular flexibility index (Phi) is 4.47. The van der Waals surface area contributed by atoms with E-state index >= 15 is 0 Å². The van der Waals surface area contributed by atoms with E-state index in [4.69, 9.17) is 4.52 Å². The van der Waals surface area contributed by atoms with Gasteiger partial charge >= 0.3 is 0 Å². The van der Waals surface area contributed by atoms with Gasteiger partial charge in [-0.1, -0.05) is 24.9 Å². The van der Waals surface area contributed by atoms with Crippen molar-refractivity contribution in [2.45, 2.75) is 51.0 Å². The molecule has 20 heavy (non-hydrogen) atoms. The predicted octanol–water partition coefficient (Wildman–Crippen LogP) is 3.82. The summed E-state index contributed by atoms with van der Waals surface area (Å²) in [7, 11) is 0. The van der Waals surface area contributed by atoms with Crippen LogP contribution in [0.25, 0.3) is 11.4 Å². The van der Waals surface area contributed by atoms with E-state index in [0.717, 1.165) is 36.7 Å². The van der Waals surface area contributed by atoms with Crippen LogP contribution in [0.15, 0.2) is 21.3 Å². The van der Waals surface area contributed by atoms with E-state index in [1.165, 1.54) is 19.3 Å². The second-order valence-corrected chi connectivity index (χ2v) is 6.20. The lowest BCUT2D eigenvalue weighted by Gasteiger charge is -2.29. The van der Waals surface area contributed by atoms with Gasteiger partial charge in [0, 0.05) is 17.0 Å². The van der Waals surface area contributed by atoms with Crippen LogP contribution in [0, 0.1) is 0 Å². The lowest BCUT2D eigenvalue weighted by atomic mass is 9.84. The predicted molar refractivity (Wildman–Crippen MR) is 80.9 cm³/mol. The number of nitrogens with zero attached hydrogens (tertiary/aromatic N) is 2. The normalized spacial score (nSPS) is 23.1. The van der Waals surface area contributed by atoms with Gasteiger partial charge in [-0.05, 0) is 37.3 Å². The maximum Gasteiger partial charge on any atom is 0.231 e. The van der Waals surface area contributed by atoms with Crippen LogP contribution in [-0.2, 0) is 0 Å². The second-order valence-electron chi connectivity index (χ2n) is 5.42. The van der Waals surface area contributed by atoms with Gasteiger partial charge in [0.1, 0.15) is 0 Å². The highest BCUT2D eigenvalue weighted by molar-refractivity contribution is 7.08. The van der Waals surface area contributed by atoms with Crippen LogP contribution >= 0.6 is 11.3 Å². The van der Waals surface area contributed by atoms with E-state index in [1.54, 1.807) is 11.3 Å². The largest absolute Gasteiger partial charge is 0.339 e. The summed E-state index contributed by atoms with van der Waals surface area (Å²) in [6.45, 7) is 3.26. The Morgan fingerprint density at radius 3 is 3.10 bits per heavy atom. The molecule has 1 N–H and O–H groups in total. The van der Waals surface area contributed by atoms with Gasteiger partial charge in [-0.3, -0.25) is 0 Å². The number of thiophene rings is 1. The Hall–Kier alpha value is -1.20. The minimum atomic E-state index is 0.371. The molecule has 5 heteroatoms. The van der Waals surface area contributed by atoms with Gasteiger partial charge in [0.25, 0.3) is 0 Å². The van der Waals surface area contributed by atoms with Crippen molar-refractivity contribution in [2.24, 2.45) is 0 Å². The molecule has 1 saturated carbocycles. The van der Waals surface area contributed by atoms with Crippen LogP contribution in [0.4, 0.5) is 0 Å². The fourth-order valence-electron chi connectivity index (χ4n) is 2.90. The van der Waals surface area contributed by atoms with Crippen molar-refractivity contribution in [3.05, 3.63) is 22.7 Å². The first-order valence-corrected chi connectivity index (χ1v) is 8.42. The van der Waals surface area contributed by atoms with E-state index in [1.807, 2.05) is 11.4 Å². The molecule has 2 aromatic rings. The molecule has 3 rings (SSSR count). The molecule has 2 heterocycles. The molecule has 0 bridgehead atoms. The second kappa shape index (κ2) is 6.50. The Bertz CT molecular complexity index is 523. The van der Waals surface area contributed by atoms with Crippen LogP contribution in [0.1, 0.15) is 50.8 Å². The standard InChI is InChI=1S/C15H21N3OS/c1-2-8-16-13-6-4-3-5-12(13)15-17-14(18-19-15)11-7-9-20-10-11/h7,9-10,12-13,16H,2-6,8H2,1H3. The molecule has 108 valence electrons. The summed E-state index contributed by atoms with van der Waals surface area (Å²) in [4.78, 5) is 4.62. The molecule has 0 spiro atoms. The van der Waals surface area contributed by atoms with Crippen LogP contribution in [0.3, 0.4) is 0 Å². The monoisotopic (exact) mass is 291 g/mol. The molecule has 1 aliphatic rings. The topological polar surface area (TPSA) is 51.0 Å². The van der Waals surface area contributed by atoms with Gasteiger partial charge in [0.2, 0.25) is 11.7 Å². The van der Waals surface area contributed by atoms with E-state index < -0.39 is 0 Å². The van der Waals surface area contributed by atoms with Crippen molar-refractivity contribution in [3.8, 4) is 11.4 Å². The zero-order valence-corrected chi connectivity index (χ0v) is 12.7. The Morgan fingerprint density at radius 2 is 2.30 bits per heavy atom. The first kappa shape index (κ1) is 13.8. The molecule has 0 aromatic carbocycles. The molecular formula is C15H21N3OS. The maximum absolute atomic E-state index is 5.54. The average molecular weight is 291 g/mol. The number of aromatic nitrogens is 2. The highest BCUT2D eigenvalue weighted by Gasteiger charge is 2.30. The van der Waals surface area contributed by atoms with Crippen molar-refractivity contribution in [1.82, 2.24) is 15.5 Å². The summed E-state index contributed by atoms with van der Waals surface area (Å²) in [5, 5.41) is 11.9. The van der Waals surface area contributed by atoms with Crippen LogP contribution < -0.4 is 5.32 Å². The first-order valence-electron chi connectivity index (χ1n) is 7.48. The fourth-order valence-corrected chi connectivity index (χ4v) is 3.53. The smallest absolute Gasteiger partial charge is 0.231 e. The third-order valence-corrected chi connectivity index (χ3v) is 4.64. The molecule has 0 amide bonds. The van der Waals surface area contributed by atoms with Crippen molar-refractivity contribution in [1.29, 1.82) is 0 Å². The number of nitrogens with one attached hydrogen (secondary N) is 1. The SMILES string of the molecule is CCCNC1CCCCC1c1nc(-c2ccsc2)no1. The van der Waals surface area contributed by atoms with Crippen molar-refractivity contribution in [2.75, 3.05) is 6.54 Å². The minimum absolute atomic E-state index is 0.371. The van der Waals surface area contributed by atoms with Gasteiger partial charge in [-0.25, -0.2) is 0 Å². The molecule has 2 atom stereocenters. The van der Waals surface area contributed by atoms with E-state index in [-0.39, 0.29) is 0 Å². The van der Waals surface area contributed by atoms with Crippen LogP contribution in [-0.4, -0.2) is 22.7 Å². The van der Waals surface area contributed by atoms with Gasteiger partial charge < -0.3 is 9.84 Å². The molecule has 2 aromatic heterocycles. The number of hydrogen-bond donors (Lipinski definition) is 1. The molecule has 0 radical (unpaired) electrons. The van der Waals surface area contributed by atoms with Gasteiger partial charge in [-0.15, -0.1) is 0 Å². The summed E-state index contributed by atoms with van der Waals surface area (Å²) in [5.41, 5.74) is 1.05. The van der Waals surface area contributed by atoms with Crippen molar-refractivity contribution >= 4 is 11.3 Å². The summed E-state index contributed by atoms with van der Waals surface area (Å²) in [6.07, 6.45) is 6.06. The van der Waals surface area contributed by atoms with E-state index in [9.17, 15) is 0 Å². The van der Waals surface area contributed by atoms with E-state index in [2.05, 4.69) is 27.8 Å². The quantitative estimate of drug-likeness (QED) is 0.909. The third kappa shape index (κ3) is 2.94. The first-order chi connectivity index (χ1) is 9.88. The molecule has 0 aliphatic heterocycles. The molecule has 1 fully saturated rings. The average Bonchev–Trinajstić information content (AvgIpc) is 3.15. The molecule has 2 unspecified atom stereocenters. The number of rotatable bonds is 5. The van der Waals surface area contributed by atoms with Crippen molar-refractivity contribution in [3.63, 3.8) is 0 Å². The molecule has 0 saturated heterocycles. The highest BCUT2D eigenvalue weighted by Crippen LogP contribution is 2.33.